The molecule has 0 fully saturated rings. The quantitative estimate of drug-likeness (QED) is 0.277. The number of aliphatic hydroxyl groups is 2. The number of aliphatic hydroxyl groups excluding tert-OH is 2. The minimum atomic E-state index is -0.448. The predicted molar refractivity (Wildman–Crippen MR) is 135 cm³/mol. The van der Waals surface area contributed by atoms with Crippen LogP contribution < -0.4 is 0 Å². The maximum absolute atomic E-state index is 12.8. The van der Waals surface area contributed by atoms with E-state index >= 15 is 0 Å². The number of carbonyl (C=O) groups is 1. The van der Waals surface area contributed by atoms with Gasteiger partial charge in [-0.05, 0) is 37.5 Å². The fourth-order valence-corrected chi connectivity index (χ4v) is 4.87. The average molecular weight is 516 g/mol. The number of rotatable bonds is 10. The number of halogens is 1. The third kappa shape index (κ3) is 4.64. The molecular formula is C25H30ClN5O5. The van der Waals surface area contributed by atoms with E-state index in [4.69, 9.17) is 21.1 Å². The standard InChI is InChI=1S/C25H30ClN5O5/c1-14-21(20(29-31(14)3)13-36-12-16-10-15(11-33)27-28-16)22-19(26)8-7-18-17(6-5-9-32)24(25(34)35-4)30(2)23(18)22/h7-8,10,32-33H,5-6,9,11-13H2,1-4H3,(H,27,28). The van der Waals surface area contributed by atoms with Crippen LogP contribution in [0.4, 0.5) is 0 Å². The van der Waals surface area contributed by atoms with Crippen LogP contribution >= 0.6 is 11.6 Å². The van der Waals surface area contributed by atoms with Crippen LogP contribution in [0.3, 0.4) is 0 Å². The van der Waals surface area contributed by atoms with Crippen LogP contribution in [0.5, 0.6) is 0 Å². The molecule has 11 heteroatoms. The van der Waals surface area contributed by atoms with Gasteiger partial charge < -0.3 is 24.3 Å². The van der Waals surface area contributed by atoms with Crippen molar-refractivity contribution in [3.63, 3.8) is 0 Å². The second-order valence-electron chi connectivity index (χ2n) is 8.59. The molecule has 1 aromatic carbocycles. The summed E-state index contributed by atoms with van der Waals surface area (Å²) in [4.78, 5) is 12.8. The summed E-state index contributed by atoms with van der Waals surface area (Å²) in [6, 6.07) is 5.47. The summed E-state index contributed by atoms with van der Waals surface area (Å²) in [6.07, 6.45) is 1.03. The monoisotopic (exact) mass is 515 g/mol. The Labute approximate surface area is 213 Å². The van der Waals surface area contributed by atoms with Gasteiger partial charge in [-0.1, -0.05) is 17.7 Å². The highest BCUT2D eigenvalue weighted by atomic mass is 35.5. The SMILES string of the molecule is COC(=O)c1c(CCCO)c2ccc(Cl)c(-c3c(COCc4cc(CO)[nH]n4)nn(C)c3C)c2n1C. The molecule has 0 atom stereocenters. The van der Waals surface area contributed by atoms with Gasteiger partial charge in [0.15, 0.2) is 0 Å². The number of aromatic nitrogens is 5. The third-order valence-electron chi connectivity index (χ3n) is 6.37. The van der Waals surface area contributed by atoms with Crippen LogP contribution in [0, 0.1) is 6.92 Å². The van der Waals surface area contributed by atoms with Crippen molar-refractivity contribution in [3.8, 4) is 11.1 Å². The van der Waals surface area contributed by atoms with Gasteiger partial charge >= 0.3 is 5.97 Å². The van der Waals surface area contributed by atoms with E-state index in [0.29, 0.717) is 40.6 Å². The Hall–Kier alpha value is -3.18. The number of hydrogen-bond acceptors (Lipinski definition) is 7. The molecule has 0 aliphatic carbocycles. The first-order valence-electron chi connectivity index (χ1n) is 11.6. The number of esters is 1. The lowest BCUT2D eigenvalue weighted by Crippen LogP contribution is -2.10. The molecule has 4 aromatic rings. The Bertz CT molecular complexity index is 1400. The van der Waals surface area contributed by atoms with Crippen LogP contribution in [0.1, 0.15) is 45.2 Å². The highest BCUT2D eigenvalue weighted by molar-refractivity contribution is 6.35. The highest BCUT2D eigenvalue weighted by Crippen LogP contribution is 2.42. The van der Waals surface area contributed by atoms with Crippen LogP contribution in [-0.2, 0) is 49.8 Å². The number of benzene rings is 1. The first kappa shape index (κ1) is 25.9. The molecule has 0 amide bonds. The largest absolute Gasteiger partial charge is 0.464 e. The molecule has 36 heavy (non-hydrogen) atoms. The number of aromatic amines is 1. The number of ether oxygens (including phenoxy) is 2. The van der Waals surface area contributed by atoms with Gasteiger partial charge in [0.2, 0.25) is 0 Å². The van der Waals surface area contributed by atoms with Crippen molar-refractivity contribution >= 4 is 28.5 Å². The van der Waals surface area contributed by atoms with Crippen molar-refractivity contribution in [3.05, 3.63) is 57.3 Å². The van der Waals surface area contributed by atoms with E-state index in [9.17, 15) is 15.0 Å². The Balaban J connectivity index is 1.82. The van der Waals surface area contributed by atoms with Gasteiger partial charge in [-0.15, -0.1) is 0 Å². The van der Waals surface area contributed by atoms with Crippen molar-refractivity contribution in [1.82, 2.24) is 24.5 Å². The molecule has 0 aliphatic rings. The Morgan fingerprint density at radius 1 is 1.19 bits per heavy atom. The molecule has 10 nitrogen and oxygen atoms in total. The number of hydrogen-bond donors (Lipinski definition) is 3. The topological polar surface area (TPSA) is 127 Å². The minimum Gasteiger partial charge on any atom is -0.464 e. The normalized spacial score (nSPS) is 11.5. The van der Waals surface area contributed by atoms with E-state index in [2.05, 4.69) is 15.3 Å². The fourth-order valence-electron chi connectivity index (χ4n) is 4.62. The summed E-state index contributed by atoms with van der Waals surface area (Å²) in [6.45, 7) is 2.29. The number of aryl methyl sites for hydroxylation is 3. The van der Waals surface area contributed by atoms with Crippen LogP contribution in [0.2, 0.25) is 5.02 Å². The molecule has 0 unspecified atom stereocenters. The molecule has 0 radical (unpaired) electrons. The van der Waals surface area contributed by atoms with E-state index in [0.717, 1.165) is 33.3 Å². The van der Waals surface area contributed by atoms with Crippen molar-refractivity contribution < 1.29 is 24.5 Å². The summed E-state index contributed by atoms with van der Waals surface area (Å²) in [5.74, 6) is -0.448. The number of H-pyrrole nitrogens is 1. The summed E-state index contributed by atoms with van der Waals surface area (Å²) < 4.78 is 14.6. The van der Waals surface area contributed by atoms with E-state index in [1.807, 2.05) is 37.7 Å². The lowest BCUT2D eigenvalue weighted by molar-refractivity contribution is 0.0589. The lowest BCUT2D eigenvalue weighted by Gasteiger charge is -2.12. The molecule has 4 rings (SSSR count). The zero-order valence-electron chi connectivity index (χ0n) is 20.8. The molecule has 3 aromatic heterocycles. The molecule has 0 aliphatic heterocycles. The van der Waals surface area contributed by atoms with Crippen molar-refractivity contribution in [2.24, 2.45) is 14.1 Å². The molecule has 0 saturated heterocycles. The predicted octanol–water partition coefficient (Wildman–Crippen LogP) is 3.18. The van der Waals surface area contributed by atoms with Gasteiger partial charge in [-0.25, -0.2) is 4.79 Å². The first-order valence-corrected chi connectivity index (χ1v) is 11.9. The zero-order chi connectivity index (χ0) is 26.0. The van der Waals surface area contributed by atoms with Crippen molar-refractivity contribution in [1.29, 1.82) is 0 Å². The molecular weight excluding hydrogens is 486 g/mol. The maximum atomic E-state index is 12.8. The number of carbonyl (C=O) groups excluding carboxylic acids is 1. The second kappa shape index (κ2) is 10.8. The van der Waals surface area contributed by atoms with Crippen molar-refractivity contribution in [2.45, 2.75) is 39.6 Å². The van der Waals surface area contributed by atoms with Gasteiger partial charge in [0.25, 0.3) is 0 Å². The molecule has 0 saturated carbocycles. The van der Waals surface area contributed by atoms with Gasteiger partial charge in [0.05, 0.1) is 54.6 Å². The highest BCUT2D eigenvalue weighted by Gasteiger charge is 2.27. The Kier molecular flexibility index (Phi) is 7.79. The van der Waals surface area contributed by atoms with Gasteiger partial charge in [0, 0.05) is 42.9 Å². The van der Waals surface area contributed by atoms with Gasteiger partial charge in [-0.3, -0.25) is 9.78 Å². The number of fused-ring (bicyclic) bond motifs is 1. The lowest BCUT2D eigenvalue weighted by atomic mass is 9.98. The minimum absolute atomic E-state index is 0.0104. The molecule has 0 bridgehead atoms. The zero-order valence-corrected chi connectivity index (χ0v) is 21.5. The summed E-state index contributed by atoms with van der Waals surface area (Å²) >= 11 is 6.81. The number of nitrogens with zero attached hydrogens (tertiary/aromatic N) is 4. The van der Waals surface area contributed by atoms with Crippen molar-refractivity contribution in [2.75, 3.05) is 13.7 Å². The average Bonchev–Trinajstić information content (AvgIpc) is 3.52. The molecule has 3 heterocycles. The summed E-state index contributed by atoms with van der Waals surface area (Å²) in [5, 5.41) is 31.6. The molecule has 0 spiro atoms. The smallest absolute Gasteiger partial charge is 0.354 e. The van der Waals surface area contributed by atoms with Gasteiger partial charge in [-0.2, -0.15) is 10.2 Å². The van der Waals surface area contributed by atoms with Gasteiger partial charge in [0.1, 0.15) is 5.69 Å². The van der Waals surface area contributed by atoms with E-state index in [-0.39, 0.29) is 26.4 Å². The number of methoxy groups -OCH3 is 1. The fraction of sp³-hybridized carbons (Fsp3) is 0.400. The summed E-state index contributed by atoms with van der Waals surface area (Å²) in [5.41, 5.74) is 6.48. The molecule has 192 valence electrons. The van der Waals surface area contributed by atoms with Crippen LogP contribution in [0.25, 0.3) is 22.0 Å². The maximum Gasteiger partial charge on any atom is 0.354 e. The Morgan fingerprint density at radius 3 is 2.64 bits per heavy atom. The Morgan fingerprint density at radius 2 is 1.97 bits per heavy atom. The van der Waals surface area contributed by atoms with E-state index in [1.165, 1.54) is 7.11 Å². The van der Waals surface area contributed by atoms with Crippen LogP contribution in [-0.4, -0.2) is 54.4 Å². The van der Waals surface area contributed by atoms with Crippen LogP contribution in [0.15, 0.2) is 18.2 Å². The third-order valence-corrected chi connectivity index (χ3v) is 6.69. The first-order chi connectivity index (χ1) is 17.3. The van der Waals surface area contributed by atoms with E-state index < -0.39 is 5.97 Å². The number of nitrogens with one attached hydrogen (secondary N) is 1. The second-order valence-corrected chi connectivity index (χ2v) is 9.00. The molecule has 3 N–H and O–H groups in total. The van der Waals surface area contributed by atoms with E-state index in [1.54, 1.807) is 10.7 Å². The summed E-state index contributed by atoms with van der Waals surface area (Å²) in [7, 11) is 5.03.